The molecule has 138 valence electrons. The van der Waals surface area contributed by atoms with Gasteiger partial charge in [0.2, 0.25) is 0 Å². The van der Waals surface area contributed by atoms with Crippen molar-refractivity contribution in [3.8, 4) is 0 Å². The second-order valence-electron chi connectivity index (χ2n) is 8.20. The summed E-state index contributed by atoms with van der Waals surface area (Å²) in [6.45, 7) is 5.08. The fourth-order valence-corrected chi connectivity index (χ4v) is 4.68. The van der Waals surface area contributed by atoms with Gasteiger partial charge in [-0.15, -0.1) is 0 Å². The number of carboxylic acids is 1. The fourth-order valence-electron chi connectivity index (χ4n) is 4.68. The van der Waals surface area contributed by atoms with Crippen LogP contribution < -0.4 is 0 Å². The van der Waals surface area contributed by atoms with E-state index in [1.807, 2.05) is 12.1 Å². The van der Waals surface area contributed by atoms with Crippen LogP contribution in [0.4, 0.5) is 4.39 Å². The van der Waals surface area contributed by atoms with Crippen molar-refractivity contribution in [2.45, 2.75) is 63.5 Å². The molecule has 2 N–H and O–H groups in total. The average Bonchev–Trinajstić information content (AvgIpc) is 3.02. The van der Waals surface area contributed by atoms with Crippen LogP contribution in [-0.2, 0) is 4.79 Å². The molecule has 0 amide bonds. The molecule has 1 heterocycles. The standard InChI is InChI=1S/C20H28FNO3/c1-19(2,25)20(18(23)24)10-7-17(13-20)22-11-8-15(9-12-22)14-3-5-16(21)6-4-14/h3-6,15,17,25H,7-13H2,1-2H3,(H,23,24)/t17?,20-/m1/s1. The molecule has 25 heavy (non-hydrogen) atoms. The van der Waals surface area contributed by atoms with Crippen molar-refractivity contribution in [2.75, 3.05) is 13.1 Å². The summed E-state index contributed by atoms with van der Waals surface area (Å²) in [4.78, 5) is 14.2. The second-order valence-corrected chi connectivity index (χ2v) is 8.20. The van der Waals surface area contributed by atoms with Gasteiger partial charge in [-0.1, -0.05) is 12.1 Å². The molecule has 1 aromatic carbocycles. The summed E-state index contributed by atoms with van der Waals surface area (Å²) in [5, 5.41) is 20.2. The highest BCUT2D eigenvalue weighted by Gasteiger charge is 2.55. The molecule has 1 aliphatic carbocycles. The zero-order valence-electron chi connectivity index (χ0n) is 15.0. The Kier molecular flexibility index (Phi) is 4.91. The van der Waals surface area contributed by atoms with Crippen molar-refractivity contribution in [2.24, 2.45) is 5.41 Å². The van der Waals surface area contributed by atoms with Crippen LogP contribution in [0.5, 0.6) is 0 Å². The van der Waals surface area contributed by atoms with Crippen LogP contribution in [0.25, 0.3) is 0 Å². The Hall–Kier alpha value is -1.46. The summed E-state index contributed by atoms with van der Waals surface area (Å²) in [7, 11) is 0. The molecule has 0 radical (unpaired) electrons. The minimum atomic E-state index is -1.22. The molecule has 0 spiro atoms. The molecule has 3 rings (SSSR count). The first-order chi connectivity index (χ1) is 11.7. The van der Waals surface area contributed by atoms with Gasteiger partial charge < -0.3 is 15.1 Å². The molecular weight excluding hydrogens is 321 g/mol. The van der Waals surface area contributed by atoms with E-state index in [2.05, 4.69) is 4.90 Å². The zero-order chi connectivity index (χ0) is 18.2. The number of nitrogens with zero attached hydrogens (tertiary/aromatic N) is 1. The van der Waals surface area contributed by atoms with Crippen molar-refractivity contribution in [1.82, 2.24) is 4.90 Å². The highest BCUT2D eigenvalue weighted by atomic mass is 19.1. The van der Waals surface area contributed by atoms with Gasteiger partial charge in [0.05, 0.1) is 11.0 Å². The molecule has 0 aromatic heterocycles. The fraction of sp³-hybridized carbons (Fsp3) is 0.650. The zero-order valence-corrected chi connectivity index (χ0v) is 15.0. The lowest BCUT2D eigenvalue weighted by atomic mass is 9.72. The Labute approximate surface area is 148 Å². The summed E-state index contributed by atoms with van der Waals surface area (Å²) in [6, 6.07) is 6.99. The highest BCUT2D eigenvalue weighted by molar-refractivity contribution is 5.76. The number of hydrogen-bond donors (Lipinski definition) is 2. The quantitative estimate of drug-likeness (QED) is 0.875. The second kappa shape index (κ2) is 6.69. The number of piperidine rings is 1. The van der Waals surface area contributed by atoms with Crippen molar-refractivity contribution < 1.29 is 19.4 Å². The number of aliphatic carboxylic acids is 1. The number of halogens is 1. The lowest BCUT2D eigenvalue weighted by Gasteiger charge is -2.39. The van der Waals surface area contributed by atoms with Gasteiger partial charge in [0.25, 0.3) is 0 Å². The third kappa shape index (κ3) is 3.44. The van der Waals surface area contributed by atoms with Crippen molar-refractivity contribution >= 4 is 5.97 Å². The van der Waals surface area contributed by atoms with Crippen molar-refractivity contribution in [3.63, 3.8) is 0 Å². The summed E-state index contributed by atoms with van der Waals surface area (Å²) in [5.74, 6) is -0.649. The van der Waals surface area contributed by atoms with E-state index in [1.165, 1.54) is 17.7 Å². The maximum atomic E-state index is 13.1. The van der Waals surface area contributed by atoms with E-state index in [4.69, 9.17) is 0 Å². The summed E-state index contributed by atoms with van der Waals surface area (Å²) in [5.41, 5.74) is -1.09. The molecule has 1 unspecified atom stereocenters. The molecule has 2 fully saturated rings. The van der Waals surface area contributed by atoms with Gasteiger partial charge in [-0.25, -0.2) is 4.39 Å². The largest absolute Gasteiger partial charge is 0.481 e. The predicted octanol–water partition coefficient (Wildman–Crippen LogP) is 3.40. The van der Waals surface area contributed by atoms with Crippen LogP contribution >= 0.6 is 0 Å². The van der Waals surface area contributed by atoms with Gasteiger partial charge in [-0.05, 0) is 82.7 Å². The lowest BCUT2D eigenvalue weighted by molar-refractivity contribution is -0.165. The first-order valence-corrected chi connectivity index (χ1v) is 9.18. The summed E-state index contributed by atoms with van der Waals surface area (Å²) < 4.78 is 13.1. The van der Waals surface area contributed by atoms with Crippen LogP contribution in [0.2, 0.25) is 0 Å². The lowest BCUT2D eigenvalue weighted by Crippen LogP contribution is -2.49. The summed E-state index contributed by atoms with van der Waals surface area (Å²) >= 11 is 0. The molecule has 1 aromatic rings. The Morgan fingerprint density at radius 3 is 2.28 bits per heavy atom. The maximum absolute atomic E-state index is 13.1. The molecule has 2 aliphatic rings. The smallest absolute Gasteiger partial charge is 0.312 e. The number of aliphatic hydroxyl groups is 1. The van der Waals surface area contributed by atoms with E-state index in [0.29, 0.717) is 18.8 Å². The van der Waals surface area contributed by atoms with Gasteiger partial charge in [0, 0.05) is 6.04 Å². The molecule has 0 bridgehead atoms. The molecular formula is C20H28FNO3. The Morgan fingerprint density at radius 1 is 1.20 bits per heavy atom. The molecule has 4 nitrogen and oxygen atoms in total. The number of rotatable bonds is 4. The molecule has 1 aliphatic heterocycles. The minimum absolute atomic E-state index is 0.205. The van der Waals surface area contributed by atoms with E-state index in [-0.39, 0.29) is 11.9 Å². The molecule has 1 saturated heterocycles. The minimum Gasteiger partial charge on any atom is -0.481 e. The van der Waals surface area contributed by atoms with Gasteiger partial charge in [0.15, 0.2) is 0 Å². The van der Waals surface area contributed by atoms with Gasteiger partial charge in [-0.3, -0.25) is 4.79 Å². The monoisotopic (exact) mass is 349 g/mol. The number of carboxylic acid groups (broad SMARTS) is 1. The van der Waals surface area contributed by atoms with Crippen molar-refractivity contribution in [1.29, 1.82) is 0 Å². The number of likely N-dealkylation sites (tertiary alicyclic amines) is 1. The first-order valence-electron chi connectivity index (χ1n) is 9.18. The van der Waals surface area contributed by atoms with E-state index in [1.54, 1.807) is 13.8 Å². The SMILES string of the molecule is CC(C)(O)[C@]1(C(=O)O)CCC(N2CCC(c3ccc(F)cc3)CC2)C1. The van der Waals surface area contributed by atoms with Crippen molar-refractivity contribution in [3.05, 3.63) is 35.6 Å². The number of carbonyl (C=O) groups is 1. The van der Waals surface area contributed by atoms with Crippen LogP contribution in [0.15, 0.2) is 24.3 Å². The predicted molar refractivity (Wildman–Crippen MR) is 94.0 cm³/mol. The summed E-state index contributed by atoms with van der Waals surface area (Å²) in [6.07, 6.45) is 3.86. The van der Waals surface area contributed by atoms with Crippen LogP contribution in [-0.4, -0.2) is 45.8 Å². The third-order valence-electron chi connectivity index (χ3n) is 6.46. The Balaban J connectivity index is 1.62. The van der Waals surface area contributed by atoms with Crippen LogP contribution in [0.3, 0.4) is 0 Å². The van der Waals surface area contributed by atoms with Crippen LogP contribution in [0.1, 0.15) is 57.4 Å². The maximum Gasteiger partial charge on any atom is 0.312 e. The third-order valence-corrected chi connectivity index (χ3v) is 6.46. The first kappa shape index (κ1) is 18.3. The van der Waals surface area contributed by atoms with E-state index >= 15 is 0 Å². The number of hydrogen-bond acceptors (Lipinski definition) is 3. The van der Waals surface area contributed by atoms with Crippen LogP contribution in [0, 0.1) is 11.2 Å². The van der Waals surface area contributed by atoms with E-state index in [9.17, 15) is 19.4 Å². The Bertz CT molecular complexity index is 617. The topological polar surface area (TPSA) is 60.8 Å². The molecule has 5 heteroatoms. The van der Waals surface area contributed by atoms with Gasteiger partial charge in [-0.2, -0.15) is 0 Å². The molecule has 1 saturated carbocycles. The van der Waals surface area contributed by atoms with E-state index in [0.717, 1.165) is 32.4 Å². The highest BCUT2D eigenvalue weighted by Crippen LogP contribution is 2.48. The number of benzene rings is 1. The van der Waals surface area contributed by atoms with Gasteiger partial charge >= 0.3 is 5.97 Å². The van der Waals surface area contributed by atoms with E-state index < -0.39 is 17.0 Å². The molecule has 2 atom stereocenters. The average molecular weight is 349 g/mol. The van der Waals surface area contributed by atoms with Gasteiger partial charge in [0.1, 0.15) is 5.82 Å². The Morgan fingerprint density at radius 2 is 1.80 bits per heavy atom. The normalized spacial score (nSPS) is 29.0.